The predicted octanol–water partition coefficient (Wildman–Crippen LogP) is 3.05. The van der Waals surface area contributed by atoms with Crippen molar-refractivity contribution in [2.45, 2.75) is 24.8 Å². The van der Waals surface area contributed by atoms with E-state index in [9.17, 15) is 13.2 Å². The highest BCUT2D eigenvalue weighted by Gasteiger charge is 2.26. The molecule has 1 atom stereocenters. The molecule has 146 valence electrons. The van der Waals surface area contributed by atoms with Crippen LogP contribution in [0.1, 0.15) is 13.8 Å². The number of benzene rings is 2. The van der Waals surface area contributed by atoms with Gasteiger partial charge in [0.2, 0.25) is 15.9 Å². The lowest BCUT2D eigenvalue weighted by molar-refractivity contribution is -0.117. The number of para-hydroxylation sites is 2. The van der Waals surface area contributed by atoms with Gasteiger partial charge in [-0.05, 0) is 44.2 Å². The van der Waals surface area contributed by atoms with Crippen molar-refractivity contribution in [2.75, 3.05) is 19.0 Å². The first kappa shape index (κ1) is 21.0. The van der Waals surface area contributed by atoms with E-state index in [1.54, 1.807) is 31.2 Å². The highest BCUT2D eigenvalue weighted by atomic mass is 35.5. The molecule has 0 spiro atoms. The minimum absolute atomic E-state index is 0.131. The zero-order valence-electron chi connectivity index (χ0n) is 15.2. The molecule has 1 unspecified atom stereocenters. The Bertz CT molecular complexity index is 918. The molecule has 1 amide bonds. The second kappa shape index (κ2) is 9.07. The van der Waals surface area contributed by atoms with Crippen molar-refractivity contribution in [3.63, 3.8) is 0 Å². The molecule has 0 radical (unpaired) electrons. The maximum Gasteiger partial charge on any atom is 0.245 e. The number of ether oxygens (including phenoxy) is 2. The summed E-state index contributed by atoms with van der Waals surface area (Å²) in [4.78, 5) is 12.3. The molecule has 0 bridgehead atoms. The second-order valence-electron chi connectivity index (χ2n) is 5.56. The number of anilines is 1. The van der Waals surface area contributed by atoms with Crippen LogP contribution in [0.4, 0.5) is 5.69 Å². The van der Waals surface area contributed by atoms with E-state index < -0.39 is 22.0 Å². The van der Waals surface area contributed by atoms with E-state index in [0.29, 0.717) is 11.4 Å². The van der Waals surface area contributed by atoms with Gasteiger partial charge in [0.1, 0.15) is 16.4 Å². The van der Waals surface area contributed by atoms with Crippen LogP contribution < -0.4 is 19.5 Å². The highest BCUT2D eigenvalue weighted by Crippen LogP contribution is 2.28. The van der Waals surface area contributed by atoms with Crippen LogP contribution in [-0.4, -0.2) is 34.1 Å². The summed E-state index contributed by atoms with van der Waals surface area (Å²) in [5.41, 5.74) is 0.439. The SMILES string of the molecule is CCOc1ccc(Cl)cc1S(=O)(=O)NC(C)C(=O)Nc1ccccc1OC. The summed E-state index contributed by atoms with van der Waals surface area (Å²) in [5.74, 6) is 0.0872. The Morgan fingerprint density at radius 2 is 1.89 bits per heavy atom. The fraction of sp³-hybridized carbons (Fsp3) is 0.278. The van der Waals surface area contributed by atoms with E-state index in [-0.39, 0.29) is 22.3 Å². The van der Waals surface area contributed by atoms with Gasteiger partial charge in [-0.2, -0.15) is 4.72 Å². The van der Waals surface area contributed by atoms with E-state index in [1.807, 2.05) is 0 Å². The van der Waals surface area contributed by atoms with Crippen LogP contribution in [0.15, 0.2) is 47.4 Å². The van der Waals surface area contributed by atoms with Crippen molar-refractivity contribution in [3.05, 3.63) is 47.5 Å². The number of sulfonamides is 1. The number of nitrogens with one attached hydrogen (secondary N) is 2. The molecule has 0 aromatic heterocycles. The van der Waals surface area contributed by atoms with E-state index in [4.69, 9.17) is 21.1 Å². The minimum Gasteiger partial charge on any atom is -0.495 e. The van der Waals surface area contributed by atoms with Crippen LogP contribution in [0, 0.1) is 0 Å². The summed E-state index contributed by atoms with van der Waals surface area (Å²) in [6, 6.07) is 10.1. The van der Waals surface area contributed by atoms with Gasteiger partial charge in [-0.1, -0.05) is 23.7 Å². The number of amides is 1. The minimum atomic E-state index is -4.04. The Morgan fingerprint density at radius 3 is 2.56 bits per heavy atom. The third-order valence-corrected chi connectivity index (χ3v) is 5.38. The molecule has 0 aliphatic rings. The summed E-state index contributed by atoms with van der Waals surface area (Å²) in [6.07, 6.45) is 0. The zero-order chi connectivity index (χ0) is 20.0. The number of carbonyl (C=O) groups excluding carboxylic acids is 1. The molecule has 2 N–H and O–H groups in total. The summed E-state index contributed by atoms with van der Waals surface area (Å²) in [5, 5.41) is 2.88. The van der Waals surface area contributed by atoms with Gasteiger partial charge >= 0.3 is 0 Å². The van der Waals surface area contributed by atoms with Crippen LogP contribution >= 0.6 is 11.6 Å². The molecule has 0 aliphatic carbocycles. The quantitative estimate of drug-likeness (QED) is 0.695. The fourth-order valence-electron chi connectivity index (χ4n) is 2.31. The normalized spacial score (nSPS) is 12.3. The molecular weight excluding hydrogens is 392 g/mol. The molecule has 0 saturated heterocycles. The number of methoxy groups -OCH3 is 1. The molecule has 27 heavy (non-hydrogen) atoms. The number of hydrogen-bond acceptors (Lipinski definition) is 5. The van der Waals surface area contributed by atoms with Gasteiger partial charge in [0, 0.05) is 5.02 Å². The Morgan fingerprint density at radius 1 is 1.19 bits per heavy atom. The lowest BCUT2D eigenvalue weighted by atomic mass is 10.2. The summed E-state index contributed by atoms with van der Waals surface area (Å²) in [7, 11) is -2.56. The van der Waals surface area contributed by atoms with Gasteiger partial charge in [0.15, 0.2) is 0 Å². The van der Waals surface area contributed by atoms with E-state index >= 15 is 0 Å². The van der Waals surface area contributed by atoms with Gasteiger partial charge in [0.05, 0.1) is 25.4 Å². The average Bonchev–Trinajstić information content (AvgIpc) is 2.63. The number of carbonyl (C=O) groups is 1. The van der Waals surface area contributed by atoms with Crippen molar-refractivity contribution in [2.24, 2.45) is 0 Å². The van der Waals surface area contributed by atoms with Crippen LogP contribution in [0.3, 0.4) is 0 Å². The summed E-state index contributed by atoms with van der Waals surface area (Å²) in [6.45, 7) is 3.46. The standard InChI is InChI=1S/C18H21ClN2O5S/c1-4-26-16-10-9-13(19)11-17(16)27(23,24)21-12(2)18(22)20-14-7-5-6-8-15(14)25-3/h5-12,21H,4H2,1-3H3,(H,20,22). The average molecular weight is 413 g/mol. The topological polar surface area (TPSA) is 93.7 Å². The number of halogens is 1. The molecule has 2 rings (SSSR count). The summed E-state index contributed by atoms with van der Waals surface area (Å²) >= 11 is 5.92. The van der Waals surface area contributed by atoms with Gasteiger partial charge < -0.3 is 14.8 Å². The van der Waals surface area contributed by atoms with Crippen LogP contribution in [0.2, 0.25) is 5.02 Å². The van der Waals surface area contributed by atoms with Gasteiger partial charge in [0.25, 0.3) is 0 Å². The lowest BCUT2D eigenvalue weighted by Gasteiger charge is -2.17. The molecular formula is C18H21ClN2O5S. The Kier molecular flexibility index (Phi) is 7.06. The Labute approximate surface area is 163 Å². The van der Waals surface area contributed by atoms with Crippen LogP contribution in [-0.2, 0) is 14.8 Å². The maximum absolute atomic E-state index is 12.7. The van der Waals surface area contributed by atoms with Crippen molar-refractivity contribution < 1.29 is 22.7 Å². The molecule has 2 aromatic rings. The number of hydrogen-bond donors (Lipinski definition) is 2. The van der Waals surface area contributed by atoms with Crippen molar-refractivity contribution in [1.29, 1.82) is 0 Å². The molecule has 0 saturated carbocycles. The first-order valence-electron chi connectivity index (χ1n) is 8.17. The third kappa shape index (κ3) is 5.35. The smallest absolute Gasteiger partial charge is 0.245 e. The summed E-state index contributed by atoms with van der Waals surface area (Å²) < 4.78 is 38.3. The molecule has 0 fully saturated rings. The van der Waals surface area contributed by atoms with Gasteiger partial charge in [-0.15, -0.1) is 0 Å². The first-order valence-corrected chi connectivity index (χ1v) is 10.0. The van der Waals surface area contributed by atoms with E-state index in [1.165, 1.54) is 32.2 Å². The van der Waals surface area contributed by atoms with E-state index in [2.05, 4.69) is 10.0 Å². The molecule has 9 heteroatoms. The maximum atomic E-state index is 12.7. The Hall–Kier alpha value is -2.29. The zero-order valence-corrected chi connectivity index (χ0v) is 16.7. The van der Waals surface area contributed by atoms with Gasteiger partial charge in [-0.25, -0.2) is 8.42 Å². The second-order valence-corrected chi connectivity index (χ2v) is 7.68. The fourth-order valence-corrected chi connectivity index (χ4v) is 3.92. The van der Waals surface area contributed by atoms with Crippen LogP contribution in [0.25, 0.3) is 0 Å². The van der Waals surface area contributed by atoms with Crippen molar-refractivity contribution in [3.8, 4) is 11.5 Å². The van der Waals surface area contributed by atoms with E-state index in [0.717, 1.165) is 0 Å². The largest absolute Gasteiger partial charge is 0.495 e. The lowest BCUT2D eigenvalue weighted by Crippen LogP contribution is -2.41. The van der Waals surface area contributed by atoms with Gasteiger partial charge in [-0.3, -0.25) is 4.79 Å². The molecule has 0 aliphatic heterocycles. The molecule has 7 nitrogen and oxygen atoms in total. The first-order chi connectivity index (χ1) is 12.8. The number of rotatable bonds is 8. The monoisotopic (exact) mass is 412 g/mol. The molecule has 0 heterocycles. The predicted molar refractivity (Wildman–Crippen MR) is 104 cm³/mol. The Balaban J connectivity index is 2.20. The van der Waals surface area contributed by atoms with Crippen LogP contribution in [0.5, 0.6) is 11.5 Å². The van der Waals surface area contributed by atoms with Crippen molar-refractivity contribution >= 4 is 33.2 Å². The highest BCUT2D eigenvalue weighted by molar-refractivity contribution is 7.89. The molecule has 2 aromatic carbocycles. The third-order valence-electron chi connectivity index (χ3n) is 3.59. The van der Waals surface area contributed by atoms with Crippen molar-refractivity contribution in [1.82, 2.24) is 4.72 Å².